The molecular formula is C30H37N7O2. The second-order valence-corrected chi connectivity index (χ2v) is 10.1. The van der Waals surface area contributed by atoms with Crippen LogP contribution in [0.5, 0.6) is 0 Å². The van der Waals surface area contributed by atoms with Gasteiger partial charge in [0.25, 0.3) is 0 Å². The Labute approximate surface area is 229 Å². The molecule has 2 aliphatic heterocycles. The van der Waals surface area contributed by atoms with Crippen molar-refractivity contribution in [2.75, 3.05) is 32.7 Å². The molecule has 1 saturated heterocycles. The molecule has 0 aliphatic carbocycles. The molecule has 3 aromatic rings. The first-order valence-electron chi connectivity index (χ1n) is 13.7. The zero-order valence-electron chi connectivity index (χ0n) is 22.5. The van der Waals surface area contributed by atoms with Crippen LogP contribution >= 0.6 is 0 Å². The third-order valence-electron chi connectivity index (χ3n) is 7.25. The fraction of sp³-hybridized carbons (Fsp3) is 0.367. The number of pyridine rings is 1. The van der Waals surface area contributed by atoms with Crippen LogP contribution in [-0.2, 0) is 17.8 Å². The van der Waals surface area contributed by atoms with Crippen molar-refractivity contribution in [1.29, 1.82) is 0 Å². The van der Waals surface area contributed by atoms with E-state index in [9.17, 15) is 9.59 Å². The Hall–Kier alpha value is -4.11. The van der Waals surface area contributed by atoms with Gasteiger partial charge in [0.1, 0.15) is 0 Å². The molecule has 2 aliphatic rings. The van der Waals surface area contributed by atoms with Crippen LogP contribution in [0.25, 0.3) is 17.0 Å². The molecule has 3 amide bonds. The number of carbonyl (C=O) groups is 2. The van der Waals surface area contributed by atoms with Gasteiger partial charge in [-0.25, -0.2) is 4.79 Å². The van der Waals surface area contributed by atoms with Gasteiger partial charge in [0.2, 0.25) is 5.91 Å². The van der Waals surface area contributed by atoms with Crippen LogP contribution < -0.4 is 16.0 Å². The van der Waals surface area contributed by atoms with Crippen molar-refractivity contribution in [3.8, 4) is 11.3 Å². The molecule has 2 aromatic heterocycles. The molecule has 0 bridgehead atoms. The molecule has 0 unspecified atom stereocenters. The van der Waals surface area contributed by atoms with Crippen molar-refractivity contribution >= 4 is 17.6 Å². The molecule has 0 saturated carbocycles. The molecule has 9 heteroatoms. The Morgan fingerprint density at radius 1 is 1.03 bits per heavy atom. The summed E-state index contributed by atoms with van der Waals surface area (Å²) >= 11 is 0. The first kappa shape index (κ1) is 26.5. The van der Waals surface area contributed by atoms with E-state index in [4.69, 9.17) is 0 Å². The number of hydrogen-bond donors (Lipinski definition) is 4. The molecule has 0 radical (unpaired) electrons. The molecular weight excluding hydrogens is 490 g/mol. The number of nitrogens with zero attached hydrogens (tertiary/aromatic N) is 3. The van der Waals surface area contributed by atoms with E-state index in [1.807, 2.05) is 47.6 Å². The summed E-state index contributed by atoms with van der Waals surface area (Å²) in [7, 11) is 0. The van der Waals surface area contributed by atoms with Gasteiger partial charge < -0.3 is 25.8 Å². The van der Waals surface area contributed by atoms with Crippen molar-refractivity contribution in [2.24, 2.45) is 0 Å². The molecule has 1 aromatic carbocycles. The summed E-state index contributed by atoms with van der Waals surface area (Å²) in [5.74, 6) is -0.0606. The molecule has 0 atom stereocenters. The number of urea groups is 1. The SMILES string of the molecule is CC(=O)NCCNC1=CN(C(=O)N2CCC(NCCc3ccccn3)CC2)Cc2[nH]c(-c3ccccc3)cc21. The van der Waals surface area contributed by atoms with Crippen LogP contribution in [0, 0.1) is 0 Å². The van der Waals surface area contributed by atoms with Gasteiger partial charge in [0, 0.05) is 87.2 Å². The Kier molecular flexibility index (Phi) is 8.58. The second kappa shape index (κ2) is 12.6. The number of hydrogen-bond acceptors (Lipinski definition) is 5. The number of aromatic nitrogens is 2. The summed E-state index contributed by atoms with van der Waals surface area (Å²) in [5.41, 5.74) is 6.13. The maximum Gasteiger partial charge on any atom is 0.324 e. The Morgan fingerprint density at radius 2 is 1.82 bits per heavy atom. The van der Waals surface area contributed by atoms with Gasteiger partial charge >= 0.3 is 6.03 Å². The number of piperidine rings is 1. The number of aromatic amines is 1. The highest BCUT2D eigenvalue weighted by atomic mass is 16.2. The Morgan fingerprint density at radius 3 is 2.56 bits per heavy atom. The van der Waals surface area contributed by atoms with Gasteiger partial charge in [0.05, 0.1) is 12.2 Å². The molecule has 4 N–H and O–H groups in total. The molecule has 5 rings (SSSR count). The first-order chi connectivity index (χ1) is 19.1. The normalized spacial score (nSPS) is 15.5. The van der Waals surface area contributed by atoms with Gasteiger partial charge in [-0.2, -0.15) is 0 Å². The minimum Gasteiger partial charge on any atom is -0.382 e. The number of rotatable bonds is 9. The summed E-state index contributed by atoms with van der Waals surface area (Å²) < 4.78 is 0. The van der Waals surface area contributed by atoms with Crippen molar-refractivity contribution in [1.82, 2.24) is 35.7 Å². The average molecular weight is 528 g/mol. The Balaban J connectivity index is 1.21. The first-order valence-corrected chi connectivity index (χ1v) is 13.7. The van der Waals surface area contributed by atoms with Crippen LogP contribution in [0.15, 0.2) is 67.0 Å². The van der Waals surface area contributed by atoms with Gasteiger partial charge in [-0.1, -0.05) is 36.4 Å². The van der Waals surface area contributed by atoms with Crippen LogP contribution in [0.1, 0.15) is 36.7 Å². The van der Waals surface area contributed by atoms with Crippen LogP contribution in [0.3, 0.4) is 0 Å². The predicted octanol–water partition coefficient (Wildman–Crippen LogP) is 3.33. The van der Waals surface area contributed by atoms with E-state index < -0.39 is 0 Å². The molecule has 1 fully saturated rings. The monoisotopic (exact) mass is 527 g/mol. The highest BCUT2D eigenvalue weighted by molar-refractivity contribution is 5.81. The zero-order valence-corrected chi connectivity index (χ0v) is 22.5. The van der Waals surface area contributed by atoms with Crippen LogP contribution in [0.2, 0.25) is 0 Å². The largest absolute Gasteiger partial charge is 0.382 e. The molecule has 204 valence electrons. The number of carbonyl (C=O) groups excluding carboxylic acids is 2. The fourth-order valence-electron chi connectivity index (χ4n) is 5.18. The summed E-state index contributed by atoms with van der Waals surface area (Å²) in [6.45, 7) is 5.40. The summed E-state index contributed by atoms with van der Waals surface area (Å²) in [4.78, 5) is 36.6. The smallest absolute Gasteiger partial charge is 0.324 e. The average Bonchev–Trinajstić information content (AvgIpc) is 3.41. The number of likely N-dealkylation sites (tertiary alicyclic amines) is 1. The lowest BCUT2D eigenvalue weighted by atomic mass is 10.0. The standard InChI is InChI=1S/C30H37N7O2/c1-22(38)31-15-16-34-28-20-37(21-29-26(28)19-27(35-29)23-7-3-2-4-8-23)30(39)36-17-11-25(12-18-36)33-14-10-24-9-5-6-13-32-24/h2-9,13,19-20,25,33-35H,10-12,14-18,21H2,1H3,(H,31,38). The molecule has 4 heterocycles. The van der Waals surface area contributed by atoms with Gasteiger partial charge in [-0.15, -0.1) is 0 Å². The molecule has 0 spiro atoms. The second-order valence-electron chi connectivity index (χ2n) is 10.1. The number of amides is 3. The third-order valence-corrected chi connectivity index (χ3v) is 7.25. The fourth-order valence-corrected chi connectivity index (χ4v) is 5.18. The van der Waals surface area contributed by atoms with Crippen LogP contribution in [-0.4, -0.2) is 70.5 Å². The van der Waals surface area contributed by atoms with Crippen LogP contribution in [0.4, 0.5) is 4.79 Å². The minimum absolute atomic E-state index is 0.0182. The van der Waals surface area contributed by atoms with Gasteiger partial charge in [-0.05, 0) is 36.6 Å². The number of fused-ring (bicyclic) bond motifs is 1. The highest BCUT2D eigenvalue weighted by Gasteiger charge is 2.29. The van der Waals surface area contributed by atoms with E-state index in [2.05, 4.69) is 50.2 Å². The van der Waals surface area contributed by atoms with E-state index in [1.54, 1.807) is 4.90 Å². The van der Waals surface area contributed by atoms with E-state index >= 15 is 0 Å². The lowest BCUT2D eigenvalue weighted by Gasteiger charge is -2.36. The summed E-state index contributed by atoms with van der Waals surface area (Å²) in [6.07, 6.45) is 6.51. The third kappa shape index (κ3) is 6.86. The molecule has 9 nitrogen and oxygen atoms in total. The maximum absolute atomic E-state index is 13.6. The summed E-state index contributed by atoms with van der Waals surface area (Å²) in [6, 6.07) is 18.7. The van der Waals surface area contributed by atoms with E-state index in [0.29, 0.717) is 25.7 Å². The number of benzene rings is 1. The van der Waals surface area contributed by atoms with Crippen molar-refractivity contribution in [3.05, 3.63) is 83.9 Å². The zero-order chi connectivity index (χ0) is 27.0. The number of H-pyrrole nitrogens is 1. The van der Waals surface area contributed by atoms with Gasteiger partial charge in [0.15, 0.2) is 0 Å². The van der Waals surface area contributed by atoms with Crippen molar-refractivity contribution < 1.29 is 9.59 Å². The highest BCUT2D eigenvalue weighted by Crippen LogP contribution is 2.31. The predicted molar refractivity (Wildman–Crippen MR) is 152 cm³/mol. The van der Waals surface area contributed by atoms with Crippen molar-refractivity contribution in [3.63, 3.8) is 0 Å². The Bertz CT molecular complexity index is 1280. The van der Waals surface area contributed by atoms with Crippen molar-refractivity contribution in [2.45, 2.75) is 38.8 Å². The number of nitrogens with one attached hydrogen (secondary N) is 4. The topological polar surface area (TPSA) is 105 Å². The van der Waals surface area contributed by atoms with E-state index in [0.717, 1.165) is 72.8 Å². The van der Waals surface area contributed by atoms with E-state index in [1.165, 1.54) is 6.92 Å². The summed E-state index contributed by atoms with van der Waals surface area (Å²) in [5, 5.41) is 9.88. The minimum atomic E-state index is -0.0606. The lowest BCUT2D eigenvalue weighted by Crippen LogP contribution is -2.49. The van der Waals surface area contributed by atoms with E-state index in [-0.39, 0.29) is 11.9 Å². The lowest BCUT2D eigenvalue weighted by molar-refractivity contribution is -0.118. The van der Waals surface area contributed by atoms with Gasteiger partial charge in [-0.3, -0.25) is 14.7 Å². The maximum atomic E-state index is 13.6. The molecule has 39 heavy (non-hydrogen) atoms. The quantitative estimate of drug-likeness (QED) is 0.320.